The Bertz CT molecular complexity index is 630. The molecule has 1 unspecified atom stereocenters. The van der Waals surface area contributed by atoms with Crippen molar-refractivity contribution >= 4 is 17.6 Å². The maximum atomic E-state index is 12.3. The van der Waals surface area contributed by atoms with E-state index < -0.39 is 28.4 Å². The van der Waals surface area contributed by atoms with Gasteiger partial charge >= 0.3 is 5.97 Å². The second-order valence-corrected chi connectivity index (χ2v) is 5.02. The normalized spacial score (nSPS) is 11.5. The van der Waals surface area contributed by atoms with Gasteiger partial charge in [0.2, 0.25) is 0 Å². The lowest BCUT2D eigenvalue weighted by Crippen LogP contribution is -2.33. The number of nitrogens with zero attached hydrogens (tertiary/aromatic N) is 1. The van der Waals surface area contributed by atoms with E-state index >= 15 is 0 Å². The van der Waals surface area contributed by atoms with Crippen LogP contribution >= 0.6 is 0 Å². The third-order valence-electron chi connectivity index (χ3n) is 3.44. The van der Waals surface area contributed by atoms with E-state index in [1.54, 1.807) is 0 Å². The van der Waals surface area contributed by atoms with Crippen LogP contribution in [0.2, 0.25) is 0 Å². The lowest BCUT2D eigenvalue weighted by atomic mass is 10.0. The molecule has 24 heavy (non-hydrogen) atoms. The number of carbonyl (C=O) groups is 2. The number of carboxylic acid groups (broad SMARTS) is 1. The molecule has 9 heteroatoms. The molecule has 0 saturated carbocycles. The molecule has 0 spiro atoms. The van der Waals surface area contributed by atoms with Crippen LogP contribution in [0.3, 0.4) is 0 Å². The summed E-state index contributed by atoms with van der Waals surface area (Å²) in [6.07, 6.45) is 1.03. The second kappa shape index (κ2) is 8.70. The Balaban J connectivity index is 3.08. The summed E-state index contributed by atoms with van der Waals surface area (Å²) in [6.45, 7) is 1.71. The summed E-state index contributed by atoms with van der Waals surface area (Å²) in [6, 6.07) is 2.29. The van der Waals surface area contributed by atoms with Gasteiger partial charge in [0.15, 0.2) is 11.5 Å². The maximum Gasteiger partial charge on any atom is 0.308 e. The van der Waals surface area contributed by atoms with Crippen LogP contribution in [0.1, 0.15) is 30.1 Å². The van der Waals surface area contributed by atoms with E-state index in [-0.39, 0.29) is 23.6 Å². The highest BCUT2D eigenvalue weighted by Crippen LogP contribution is 2.34. The lowest BCUT2D eigenvalue weighted by Gasteiger charge is -2.13. The third kappa shape index (κ3) is 4.58. The second-order valence-electron chi connectivity index (χ2n) is 5.02. The van der Waals surface area contributed by atoms with Gasteiger partial charge in [0.25, 0.3) is 11.6 Å². The molecular weight excluding hydrogens is 320 g/mol. The maximum absolute atomic E-state index is 12.3. The van der Waals surface area contributed by atoms with E-state index in [1.807, 2.05) is 6.92 Å². The highest BCUT2D eigenvalue weighted by atomic mass is 16.6. The Morgan fingerprint density at radius 2 is 1.88 bits per heavy atom. The van der Waals surface area contributed by atoms with Gasteiger partial charge in [-0.2, -0.15) is 0 Å². The van der Waals surface area contributed by atoms with Crippen LogP contribution in [0.5, 0.6) is 11.5 Å². The number of amides is 1. The van der Waals surface area contributed by atoms with E-state index in [9.17, 15) is 19.7 Å². The number of hydrogen-bond acceptors (Lipinski definition) is 6. The topological polar surface area (TPSA) is 128 Å². The van der Waals surface area contributed by atoms with Crippen LogP contribution in [-0.2, 0) is 4.79 Å². The van der Waals surface area contributed by atoms with Crippen molar-refractivity contribution < 1.29 is 29.1 Å². The molecule has 0 aromatic heterocycles. The van der Waals surface area contributed by atoms with Crippen molar-refractivity contribution in [1.82, 2.24) is 5.32 Å². The fourth-order valence-electron chi connectivity index (χ4n) is 2.17. The minimum atomic E-state index is -1.03. The number of aliphatic carboxylic acids is 1. The smallest absolute Gasteiger partial charge is 0.308 e. The highest BCUT2D eigenvalue weighted by Gasteiger charge is 2.25. The number of nitro benzene ring substituents is 1. The monoisotopic (exact) mass is 340 g/mol. The number of rotatable bonds is 9. The van der Waals surface area contributed by atoms with Crippen molar-refractivity contribution in [2.45, 2.75) is 19.8 Å². The zero-order valence-corrected chi connectivity index (χ0v) is 13.7. The number of nitro groups is 1. The van der Waals surface area contributed by atoms with Crippen LogP contribution in [0.15, 0.2) is 12.1 Å². The molecule has 1 rings (SSSR count). The van der Waals surface area contributed by atoms with Crippen LogP contribution in [0.4, 0.5) is 5.69 Å². The fourth-order valence-corrected chi connectivity index (χ4v) is 2.17. The van der Waals surface area contributed by atoms with Crippen LogP contribution in [-0.4, -0.2) is 42.7 Å². The summed E-state index contributed by atoms with van der Waals surface area (Å²) in [5.41, 5.74) is -0.675. The van der Waals surface area contributed by atoms with Gasteiger partial charge in [-0.3, -0.25) is 19.7 Å². The predicted octanol–water partition coefficient (Wildman–Crippen LogP) is 1.84. The molecule has 0 aliphatic rings. The van der Waals surface area contributed by atoms with Crippen molar-refractivity contribution in [3.8, 4) is 11.5 Å². The van der Waals surface area contributed by atoms with E-state index in [2.05, 4.69) is 5.32 Å². The Morgan fingerprint density at radius 1 is 1.29 bits per heavy atom. The van der Waals surface area contributed by atoms with Crippen molar-refractivity contribution in [1.29, 1.82) is 0 Å². The van der Waals surface area contributed by atoms with Gasteiger partial charge in [-0.1, -0.05) is 13.3 Å². The number of ether oxygens (including phenoxy) is 2. The van der Waals surface area contributed by atoms with Gasteiger partial charge < -0.3 is 19.9 Å². The van der Waals surface area contributed by atoms with Gasteiger partial charge in [0.05, 0.1) is 31.1 Å². The Morgan fingerprint density at radius 3 is 2.33 bits per heavy atom. The Labute approximate surface area is 138 Å². The first-order valence-corrected chi connectivity index (χ1v) is 7.27. The van der Waals surface area contributed by atoms with Gasteiger partial charge in [0.1, 0.15) is 5.56 Å². The molecule has 0 bridgehead atoms. The average Bonchev–Trinajstić information content (AvgIpc) is 2.56. The summed E-state index contributed by atoms with van der Waals surface area (Å²) in [7, 11) is 2.66. The quantitative estimate of drug-likeness (QED) is 0.518. The number of nitrogens with one attached hydrogen (secondary N) is 1. The van der Waals surface area contributed by atoms with E-state index in [0.29, 0.717) is 12.8 Å². The van der Waals surface area contributed by atoms with Gasteiger partial charge in [0, 0.05) is 12.6 Å². The molecule has 0 saturated heterocycles. The van der Waals surface area contributed by atoms with Crippen molar-refractivity contribution in [3.05, 3.63) is 27.8 Å². The zero-order chi connectivity index (χ0) is 18.3. The van der Waals surface area contributed by atoms with Crippen LogP contribution < -0.4 is 14.8 Å². The highest BCUT2D eigenvalue weighted by molar-refractivity contribution is 5.99. The SMILES string of the molecule is CCCC(CNC(=O)c1cc(OC)c(OC)cc1[N+](=O)[O-])C(=O)O. The number of hydrogen-bond donors (Lipinski definition) is 2. The molecule has 1 atom stereocenters. The first-order chi connectivity index (χ1) is 11.3. The third-order valence-corrected chi connectivity index (χ3v) is 3.44. The van der Waals surface area contributed by atoms with Gasteiger partial charge in [-0.25, -0.2) is 0 Å². The molecule has 132 valence electrons. The number of methoxy groups -OCH3 is 2. The zero-order valence-electron chi connectivity index (χ0n) is 13.7. The molecule has 0 aliphatic carbocycles. The molecule has 0 fully saturated rings. The fraction of sp³-hybridized carbons (Fsp3) is 0.467. The molecule has 0 heterocycles. The number of benzene rings is 1. The first kappa shape index (κ1) is 19.2. The largest absolute Gasteiger partial charge is 0.493 e. The molecule has 0 radical (unpaired) electrons. The molecule has 2 N–H and O–H groups in total. The summed E-state index contributed by atoms with van der Waals surface area (Å²) >= 11 is 0. The lowest BCUT2D eigenvalue weighted by molar-refractivity contribution is -0.385. The number of carbonyl (C=O) groups excluding carboxylic acids is 1. The van der Waals surface area contributed by atoms with E-state index in [1.165, 1.54) is 20.3 Å². The van der Waals surface area contributed by atoms with E-state index in [4.69, 9.17) is 14.6 Å². The summed E-state index contributed by atoms with van der Waals surface area (Å²) < 4.78 is 10.0. The summed E-state index contributed by atoms with van der Waals surface area (Å²) in [5, 5.41) is 22.7. The summed E-state index contributed by atoms with van der Waals surface area (Å²) in [5.74, 6) is -2.24. The minimum absolute atomic E-state index is 0.118. The molecule has 0 aliphatic heterocycles. The molecule has 1 aromatic carbocycles. The van der Waals surface area contributed by atoms with Gasteiger partial charge in [-0.15, -0.1) is 0 Å². The first-order valence-electron chi connectivity index (χ1n) is 7.27. The van der Waals surface area contributed by atoms with Crippen LogP contribution in [0.25, 0.3) is 0 Å². The Kier molecular flexibility index (Phi) is 6.97. The predicted molar refractivity (Wildman–Crippen MR) is 84.6 cm³/mol. The van der Waals surface area contributed by atoms with Crippen molar-refractivity contribution in [2.24, 2.45) is 5.92 Å². The molecule has 9 nitrogen and oxygen atoms in total. The average molecular weight is 340 g/mol. The molecule has 1 amide bonds. The van der Waals surface area contributed by atoms with Gasteiger partial charge in [-0.05, 0) is 6.42 Å². The number of carboxylic acids is 1. The van der Waals surface area contributed by atoms with Crippen molar-refractivity contribution in [3.63, 3.8) is 0 Å². The summed E-state index contributed by atoms with van der Waals surface area (Å²) in [4.78, 5) is 33.8. The van der Waals surface area contributed by atoms with Crippen molar-refractivity contribution in [2.75, 3.05) is 20.8 Å². The standard InChI is InChI=1S/C15H20N2O7/c1-4-5-9(15(19)20)8-16-14(18)10-6-12(23-2)13(24-3)7-11(10)17(21)22/h6-7,9H,4-5,8H2,1-3H3,(H,16,18)(H,19,20). The Hall–Kier alpha value is -2.84. The molecule has 1 aromatic rings. The van der Waals surface area contributed by atoms with E-state index in [0.717, 1.165) is 6.07 Å². The minimum Gasteiger partial charge on any atom is -0.493 e. The van der Waals surface area contributed by atoms with Crippen LogP contribution in [0, 0.1) is 16.0 Å². The molecular formula is C15H20N2O7.